The molecule has 3 aliphatic carbocycles. The molecule has 0 saturated carbocycles. The Morgan fingerprint density at radius 3 is 2.82 bits per heavy atom. The molecule has 33 heavy (non-hydrogen) atoms. The minimum Gasteiger partial charge on any atom is -0.395 e. The summed E-state index contributed by atoms with van der Waals surface area (Å²) in [5.41, 5.74) is 5.75. The molecule has 0 fully saturated rings. The molecule has 1 atom stereocenters. The zero-order valence-electron chi connectivity index (χ0n) is 18.9. The zero-order valence-corrected chi connectivity index (χ0v) is 19.7. The Labute approximate surface area is 196 Å². The van der Waals surface area contributed by atoms with Gasteiger partial charge in [0.15, 0.2) is 0 Å². The molecular weight excluding hydrogens is 438 g/mol. The molecule has 1 unspecified atom stereocenters. The summed E-state index contributed by atoms with van der Waals surface area (Å²) in [7, 11) is -3.59. The van der Waals surface area contributed by atoms with Gasteiger partial charge in [-0.3, -0.25) is 9.69 Å². The lowest BCUT2D eigenvalue weighted by atomic mass is 9.91. The van der Waals surface area contributed by atoms with E-state index in [4.69, 9.17) is 5.11 Å². The largest absolute Gasteiger partial charge is 0.395 e. The van der Waals surface area contributed by atoms with Crippen LogP contribution in [0.25, 0.3) is 0 Å². The predicted octanol–water partition coefficient (Wildman–Crippen LogP) is 2.23. The fourth-order valence-electron chi connectivity index (χ4n) is 4.72. The minimum atomic E-state index is -3.59. The van der Waals surface area contributed by atoms with E-state index in [0.717, 1.165) is 32.5 Å². The molecule has 0 aromatic heterocycles. The Hall–Kier alpha value is -2.26. The number of nitrogens with one attached hydrogen (secondary N) is 2. The Bertz CT molecular complexity index is 1060. The summed E-state index contributed by atoms with van der Waals surface area (Å²) in [4.78, 5) is 15.2. The third-order valence-corrected chi connectivity index (χ3v) is 8.32. The van der Waals surface area contributed by atoms with Crippen LogP contribution in [0, 0.1) is 0 Å². The lowest BCUT2D eigenvalue weighted by Gasteiger charge is -2.32. The molecular formula is C25H33N3O4S. The normalized spacial score (nSPS) is 23.5. The number of hydrogen-bond donors (Lipinski definition) is 3. The van der Waals surface area contributed by atoms with Crippen molar-refractivity contribution in [1.82, 2.24) is 14.9 Å². The van der Waals surface area contributed by atoms with Crippen LogP contribution in [0.1, 0.15) is 38.5 Å². The van der Waals surface area contributed by atoms with Crippen molar-refractivity contribution in [3.63, 3.8) is 0 Å². The Morgan fingerprint density at radius 1 is 1.15 bits per heavy atom. The summed E-state index contributed by atoms with van der Waals surface area (Å²) < 4.78 is 27.0. The Balaban J connectivity index is 1.30. The van der Waals surface area contributed by atoms with Crippen molar-refractivity contribution in [3.05, 3.63) is 70.5 Å². The number of amides is 1. The second kappa shape index (κ2) is 10.8. The second-order valence-corrected chi connectivity index (χ2v) is 11.0. The van der Waals surface area contributed by atoms with Gasteiger partial charge in [-0.05, 0) is 43.8 Å². The van der Waals surface area contributed by atoms with Gasteiger partial charge >= 0.3 is 0 Å². The molecule has 4 aliphatic rings. The van der Waals surface area contributed by atoms with E-state index in [2.05, 4.69) is 33.2 Å². The van der Waals surface area contributed by atoms with Gasteiger partial charge in [0, 0.05) is 43.9 Å². The Morgan fingerprint density at radius 2 is 2.03 bits per heavy atom. The molecule has 1 aliphatic heterocycles. The average Bonchev–Trinajstić information content (AvgIpc) is 2.83. The molecule has 0 spiro atoms. The molecule has 7 nitrogen and oxygen atoms in total. The third kappa shape index (κ3) is 6.20. The van der Waals surface area contributed by atoms with Gasteiger partial charge in [0.2, 0.25) is 10.0 Å². The highest BCUT2D eigenvalue weighted by atomic mass is 32.2. The quantitative estimate of drug-likeness (QED) is 0.504. The number of aliphatic hydroxyl groups excluding tert-OH is 1. The first kappa shape index (κ1) is 23.9. The lowest BCUT2D eigenvalue weighted by Crippen LogP contribution is -2.37. The van der Waals surface area contributed by atoms with Crippen LogP contribution >= 0.6 is 0 Å². The highest BCUT2D eigenvalue weighted by Gasteiger charge is 2.26. The molecule has 0 saturated heterocycles. The molecule has 0 bridgehead atoms. The van der Waals surface area contributed by atoms with Gasteiger partial charge in [0.05, 0.1) is 11.9 Å². The summed E-state index contributed by atoms with van der Waals surface area (Å²) in [6, 6.07) is 0. The average molecular weight is 472 g/mol. The molecule has 1 amide bonds. The van der Waals surface area contributed by atoms with E-state index in [1.54, 1.807) is 23.8 Å². The van der Waals surface area contributed by atoms with Crippen molar-refractivity contribution < 1.29 is 18.3 Å². The number of rotatable bonds is 8. The Kier molecular flexibility index (Phi) is 7.80. The number of hydrogen-bond acceptors (Lipinski definition) is 5. The summed E-state index contributed by atoms with van der Waals surface area (Å²) in [5.74, 6) is -0.175. The number of carbonyl (C=O) groups is 1. The standard InChI is InChI=1S/C25H33N3O4S/c29-15-13-26-33(31,32)24-7-3-6-23(16-24)27-25(30)21-10-8-19(9-11-21)17-28-14-12-20-4-1-2-5-22(20)18-28/h2-3,5-8,10,24,26,29H,1,4,9,11-18H2,(H,27,30). The van der Waals surface area contributed by atoms with Crippen molar-refractivity contribution in [2.75, 3.05) is 32.8 Å². The van der Waals surface area contributed by atoms with Gasteiger partial charge in [-0.2, -0.15) is 0 Å². The van der Waals surface area contributed by atoms with E-state index in [9.17, 15) is 13.2 Å². The third-order valence-electron chi connectivity index (χ3n) is 6.60. The van der Waals surface area contributed by atoms with E-state index in [1.165, 1.54) is 24.0 Å². The maximum absolute atomic E-state index is 12.8. The van der Waals surface area contributed by atoms with Crippen molar-refractivity contribution in [1.29, 1.82) is 0 Å². The molecule has 8 heteroatoms. The van der Waals surface area contributed by atoms with E-state index in [-0.39, 0.29) is 25.5 Å². The summed E-state index contributed by atoms with van der Waals surface area (Å²) in [5, 5.41) is 11.0. The number of aliphatic hydroxyl groups is 1. The highest BCUT2D eigenvalue weighted by molar-refractivity contribution is 7.90. The summed E-state index contributed by atoms with van der Waals surface area (Å²) in [6.07, 6.45) is 18.8. The van der Waals surface area contributed by atoms with Crippen molar-refractivity contribution in [2.24, 2.45) is 0 Å². The summed E-state index contributed by atoms with van der Waals surface area (Å²) in [6.45, 7) is 2.77. The first-order chi connectivity index (χ1) is 15.9. The second-order valence-electron chi connectivity index (χ2n) is 8.98. The minimum absolute atomic E-state index is 0.0213. The van der Waals surface area contributed by atoms with Gasteiger partial charge < -0.3 is 10.4 Å². The highest BCUT2D eigenvalue weighted by Crippen LogP contribution is 2.28. The van der Waals surface area contributed by atoms with E-state index >= 15 is 0 Å². The number of allylic oxidation sites excluding steroid dienone is 6. The molecule has 1 heterocycles. The van der Waals surface area contributed by atoms with Crippen LogP contribution in [0.4, 0.5) is 0 Å². The van der Waals surface area contributed by atoms with Crippen LogP contribution in [0.3, 0.4) is 0 Å². The van der Waals surface area contributed by atoms with Crippen LogP contribution in [0.15, 0.2) is 70.5 Å². The number of sulfonamides is 1. The molecule has 178 valence electrons. The van der Waals surface area contributed by atoms with Crippen LogP contribution in [0.2, 0.25) is 0 Å². The van der Waals surface area contributed by atoms with Crippen molar-refractivity contribution in [3.8, 4) is 0 Å². The molecule has 0 radical (unpaired) electrons. The van der Waals surface area contributed by atoms with E-state index < -0.39 is 15.3 Å². The van der Waals surface area contributed by atoms with Crippen molar-refractivity contribution in [2.45, 2.75) is 43.8 Å². The topological polar surface area (TPSA) is 98.7 Å². The number of carbonyl (C=O) groups excluding carboxylic acids is 1. The first-order valence-corrected chi connectivity index (χ1v) is 13.3. The monoisotopic (exact) mass is 471 g/mol. The molecule has 0 aromatic rings. The lowest BCUT2D eigenvalue weighted by molar-refractivity contribution is -0.117. The van der Waals surface area contributed by atoms with Gasteiger partial charge in [-0.15, -0.1) is 0 Å². The van der Waals surface area contributed by atoms with Gasteiger partial charge in [0.1, 0.15) is 0 Å². The van der Waals surface area contributed by atoms with Gasteiger partial charge in [-0.1, -0.05) is 47.6 Å². The predicted molar refractivity (Wildman–Crippen MR) is 130 cm³/mol. The first-order valence-electron chi connectivity index (χ1n) is 11.7. The van der Waals surface area contributed by atoms with Gasteiger partial charge in [0.25, 0.3) is 5.91 Å². The fraction of sp³-hybridized carbons (Fsp3) is 0.480. The number of nitrogens with zero attached hydrogens (tertiary/aromatic N) is 1. The van der Waals surface area contributed by atoms with Crippen LogP contribution in [-0.4, -0.2) is 62.4 Å². The van der Waals surface area contributed by atoms with E-state index in [0.29, 0.717) is 17.7 Å². The van der Waals surface area contributed by atoms with Crippen LogP contribution in [-0.2, 0) is 14.8 Å². The smallest absolute Gasteiger partial charge is 0.251 e. The van der Waals surface area contributed by atoms with Crippen LogP contribution < -0.4 is 10.0 Å². The fourth-order valence-corrected chi connectivity index (χ4v) is 6.01. The molecule has 3 N–H and O–H groups in total. The molecule has 0 aromatic carbocycles. The van der Waals surface area contributed by atoms with E-state index in [1.807, 2.05) is 6.08 Å². The van der Waals surface area contributed by atoms with Crippen LogP contribution in [0.5, 0.6) is 0 Å². The zero-order chi connectivity index (χ0) is 23.3. The maximum atomic E-state index is 12.8. The summed E-state index contributed by atoms with van der Waals surface area (Å²) >= 11 is 0. The maximum Gasteiger partial charge on any atom is 0.251 e. The SMILES string of the molecule is O=C(NC1=CC=CC(S(=O)(=O)NCCO)C1)C1=CC=C(CN2CCC3=C(C=CCC3)C2)CC1. The molecule has 4 rings (SSSR count). The van der Waals surface area contributed by atoms with Gasteiger partial charge in [-0.25, -0.2) is 13.1 Å². The van der Waals surface area contributed by atoms with Crippen molar-refractivity contribution >= 4 is 15.9 Å².